The number of phenols is 1. The molecule has 0 saturated carbocycles. The second kappa shape index (κ2) is 13.6. The van der Waals surface area contributed by atoms with Crippen LogP contribution in [0.25, 0.3) is 0 Å². The van der Waals surface area contributed by atoms with Crippen LogP contribution < -0.4 is 11.1 Å². The molecule has 2 amide bonds. The van der Waals surface area contributed by atoms with Gasteiger partial charge in [-0.3, -0.25) is 29.3 Å². The Labute approximate surface area is 255 Å². The van der Waals surface area contributed by atoms with Gasteiger partial charge in [0.2, 0.25) is 5.91 Å². The first-order valence-electron chi connectivity index (χ1n) is 15.2. The Morgan fingerprint density at radius 2 is 1.75 bits per heavy atom. The molecule has 2 aromatic rings. The molecule has 2 heterocycles. The number of epoxide rings is 1. The summed E-state index contributed by atoms with van der Waals surface area (Å²) in [7, 11) is 0. The summed E-state index contributed by atoms with van der Waals surface area (Å²) in [5, 5.41) is 23.9. The zero-order valence-electron chi connectivity index (χ0n) is 24.5. The van der Waals surface area contributed by atoms with Crippen LogP contribution >= 0.6 is 0 Å². The minimum atomic E-state index is -1.17. The highest BCUT2D eigenvalue weighted by molar-refractivity contribution is 5.98. The van der Waals surface area contributed by atoms with E-state index in [1.165, 1.54) is 6.07 Å². The first-order valence-corrected chi connectivity index (χ1v) is 15.2. The van der Waals surface area contributed by atoms with Crippen LogP contribution in [0.1, 0.15) is 48.8 Å². The number of amides is 2. The molecule has 0 spiro atoms. The standard InChI is InChI=1S/C32H38N4O8/c33-31(40)23(22-16-20-6-1-2-7-21(20)17-22)18-28(39)24(14-19-9-10-26(37)25(15-19)36(42)43)34-32(41)30-29(44-30)27(38)8-5-13-35-11-3-4-12-35/h1-2,6-7,9-10,15,22-24,29-30,37H,3-5,8,11-14,16-18H2,(H2,33,40)(H,34,41)/t23-,24-,29-,30?/m1/s1. The van der Waals surface area contributed by atoms with Crippen molar-refractivity contribution in [2.75, 3.05) is 19.6 Å². The van der Waals surface area contributed by atoms with Crippen LogP contribution in [0.5, 0.6) is 5.75 Å². The molecule has 3 aliphatic rings. The van der Waals surface area contributed by atoms with Gasteiger partial charge in [0.25, 0.3) is 5.91 Å². The summed E-state index contributed by atoms with van der Waals surface area (Å²) in [6.45, 7) is 2.88. The van der Waals surface area contributed by atoms with Crippen molar-refractivity contribution in [3.63, 3.8) is 0 Å². The number of Topliss-reactive ketones (excluding diaryl/α,β-unsaturated/α-hetero) is 2. The van der Waals surface area contributed by atoms with Crippen molar-refractivity contribution in [1.29, 1.82) is 0 Å². The Bertz CT molecular complexity index is 1410. The number of nitro benzene ring substituents is 1. The van der Waals surface area contributed by atoms with E-state index >= 15 is 0 Å². The Morgan fingerprint density at radius 1 is 1.07 bits per heavy atom. The third-order valence-corrected chi connectivity index (χ3v) is 8.98. The van der Waals surface area contributed by atoms with E-state index in [2.05, 4.69) is 10.2 Å². The van der Waals surface area contributed by atoms with E-state index in [9.17, 15) is 34.4 Å². The number of aromatic hydroxyl groups is 1. The summed E-state index contributed by atoms with van der Waals surface area (Å²) in [4.78, 5) is 65.1. The average Bonchev–Trinajstić information content (AvgIpc) is 3.41. The predicted octanol–water partition coefficient (Wildman–Crippen LogP) is 2.02. The maximum absolute atomic E-state index is 13.7. The number of carbonyl (C=O) groups is 4. The van der Waals surface area contributed by atoms with Crippen molar-refractivity contribution in [2.45, 2.75) is 69.6 Å². The van der Waals surface area contributed by atoms with Gasteiger partial charge in [-0.2, -0.15) is 0 Å². The van der Waals surface area contributed by atoms with Crippen LogP contribution in [0.4, 0.5) is 5.69 Å². The number of primary amides is 1. The van der Waals surface area contributed by atoms with E-state index in [0.717, 1.165) is 55.7 Å². The van der Waals surface area contributed by atoms with E-state index < -0.39 is 58.1 Å². The number of nitro groups is 1. The topological polar surface area (TPSA) is 185 Å². The second-order valence-corrected chi connectivity index (χ2v) is 12.1. The molecule has 1 unspecified atom stereocenters. The lowest BCUT2D eigenvalue weighted by molar-refractivity contribution is -0.385. The minimum Gasteiger partial charge on any atom is -0.502 e. The number of hydrogen-bond acceptors (Lipinski definition) is 9. The summed E-state index contributed by atoms with van der Waals surface area (Å²) in [5.74, 6) is -3.40. The van der Waals surface area contributed by atoms with Crippen LogP contribution in [0.15, 0.2) is 42.5 Å². The maximum Gasteiger partial charge on any atom is 0.310 e. The summed E-state index contributed by atoms with van der Waals surface area (Å²) in [6.07, 6.45) is 2.19. The smallest absolute Gasteiger partial charge is 0.310 e. The fourth-order valence-electron chi connectivity index (χ4n) is 6.50. The first kappa shape index (κ1) is 31.3. The summed E-state index contributed by atoms with van der Waals surface area (Å²) in [6, 6.07) is 10.3. The van der Waals surface area contributed by atoms with E-state index in [1.54, 1.807) is 0 Å². The third-order valence-electron chi connectivity index (χ3n) is 8.98. The number of hydrogen-bond donors (Lipinski definition) is 3. The van der Waals surface area contributed by atoms with Crippen LogP contribution in [0, 0.1) is 22.0 Å². The number of rotatable bonds is 15. The van der Waals surface area contributed by atoms with Gasteiger partial charge < -0.3 is 25.8 Å². The van der Waals surface area contributed by atoms with Crippen molar-refractivity contribution in [1.82, 2.24) is 10.2 Å². The minimum absolute atomic E-state index is 0.136. The molecule has 2 aromatic carbocycles. The molecule has 0 bridgehead atoms. The molecular formula is C32H38N4O8. The van der Waals surface area contributed by atoms with E-state index in [1.807, 2.05) is 24.3 Å². The fourth-order valence-corrected chi connectivity index (χ4v) is 6.50. The van der Waals surface area contributed by atoms with Crippen molar-refractivity contribution in [3.8, 4) is 5.75 Å². The Balaban J connectivity index is 1.26. The Hall–Kier alpha value is -4.16. The monoisotopic (exact) mass is 606 g/mol. The number of fused-ring (bicyclic) bond motifs is 1. The summed E-state index contributed by atoms with van der Waals surface area (Å²) >= 11 is 0. The first-order chi connectivity index (χ1) is 21.1. The number of nitrogens with two attached hydrogens (primary N) is 1. The predicted molar refractivity (Wildman–Crippen MR) is 159 cm³/mol. The van der Waals surface area contributed by atoms with Crippen LogP contribution in [-0.4, -0.2) is 76.2 Å². The van der Waals surface area contributed by atoms with Gasteiger partial charge in [0.05, 0.1) is 11.0 Å². The number of nitrogens with zero attached hydrogens (tertiary/aromatic N) is 2. The number of phenolic OH excluding ortho intramolecular Hbond substituents is 1. The molecule has 2 aliphatic heterocycles. The molecule has 0 radical (unpaired) electrons. The molecular weight excluding hydrogens is 568 g/mol. The fraction of sp³-hybridized carbons (Fsp3) is 0.500. The van der Waals surface area contributed by atoms with Crippen LogP contribution in [0.3, 0.4) is 0 Å². The van der Waals surface area contributed by atoms with Gasteiger partial charge in [-0.15, -0.1) is 0 Å². The highest BCUT2D eigenvalue weighted by Gasteiger charge is 2.50. The Kier molecular flexibility index (Phi) is 9.70. The maximum atomic E-state index is 13.7. The van der Waals surface area contributed by atoms with Gasteiger partial charge in [0, 0.05) is 24.8 Å². The normalized spacial score (nSPS) is 20.9. The molecule has 44 heavy (non-hydrogen) atoms. The zero-order chi connectivity index (χ0) is 31.4. The molecule has 12 heteroatoms. The van der Waals surface area contributed by atoms with Crippen LogP contribution in [0.2, 0.25) is 0 Å². The molecule has 5 rings (SSSR count). The third kappa shape index (κ3) is 7.48. The molecule has 0 aromatic heterocycles. The molecule has 4 atom stereocenters. The quantitative estimate of drug-likeness (QED) is 0.155. The van der Waals surface area contributed by atoms with Gasteiger partial charge in [-0.05, 0) is 86.8 Å². The number of carbonyl (C=O) groups excluding carboxylic acids is 4. The molecule has 4 N–H and O–H groups in total. The van der Waals surface area contributed by atoms with Crippen molar-refractivity contribution in [2.24, 2.45) is 17.6 Å². The van der Waals surface area contributed by atoms with E-state index in [4.69, 9.17) is 10.5 Å². The highest BCUT2D eigenvalue weighted by Crippen LogP contribution is 2.34. The second-order valence-electron chi connectivity index (χ2n) is 12.1. The molecule has 1 aliphatic carbocycles. The Morgan fingerprint density at radius 3 is 2.39 bits per heavy atom. The molecule has 2 fully saturated rings. The summed E-state index contributed by atoms with van der Waals surface area (Å²) < 4.78 is 5.41. The van der Waals surface area contributed by atoms with E-state index in [0.29, 0.717) is 24.8 Å². The molecule has 12 nitrogen and oxygen atoms in total. The van der Waals surface area contributed by atoms with Gasteiger partial charge in [0.1, 0.15) is 0 Å². The average molecular weight is 607 g/mol. The lowest BCUT2D eigenvalue weighted by Crippen LogP contribution is -2.46. The number of ether oxygens (including phenoxy) is 1. The number of likely N-dealkylation sites (tertiary alicyclic amines) is 1. The zero-order valence-corrected chi connectivity index (χ0v) is 24.5. The SMILES string of the molecule is NC(=O)[C@H](CC(=O)[C@@H](Cc1ccc(O)c([N+](=O)[O-])c1)NC(=O)C1O[C@@H]1C(=O)CCCN1CCCC1)C1Cc2ccccc2C1. The van der Waals surface area contributed by atoms with Crippen molar-refractivity contribution < 1.29 is 33.9 Å². The summed E-state index contributed by atoms with van der Waals surface area (Å²) in [5.41, 5.74) is 7.75. The lowest BCUT2D eigenvalue weighted by atomic mass is 9.83. The molecule has 234 valence electrons. The molecule has 2 saturated heterocycles. The number of ketones is 2. The van der Waals surface area contributed by atoms with E-state index in [-0.39, 0.29) is 31.0 Å². The number of benzene rings is 2. The van der Waals surface area contributed by atoms with Crippen molar-refractivity contribution in [3.05, 3.63) is 69.3 Å². The van der Waals surface area contributed by atoms with Crippen molar-refractivity contribution >= 4 is 29.1 Å². The van der Waals surface area contributed by atoms with Gasteiger partial charge in [-0.25, -0.2) is 0 Å². The lowest BCUT2D eigenvalue weighted by Gasteiger charge is -2.23. The van der Waals surface area contributed by atoms with Gasteiger partial charge >= 0.3 is 5.69 Å². The van der Waals surface area contributed by atoms with Gasteiger partial charge in [0.15, 0.2) is 29.5 Å². The number of nitrogens with one attached hydrogen (secondary N) is 1. The van der Waals surface area contributed by atoms with Gasteiger partial charge in [-0.1, -0.05) is 30.3 Å². The largest absolute Gasteiger partial charge is 0.502 e. The highest BCUT2D eigenvalue weighted by atomic mass is 16.6. The van der Waals surface area contributed by atoms with Crippen LogP contribution in [-0.2, 0) is 43.2 Å².